The number of anilines is 1. The van der Waals surface area contributed by atoms with Gasteiger partial charge in [0.15, 0.2) is 0 Å². The normalized spacial score (nSPS) is 11.5. The van der Waals surface area contributed by atoms with Crippen LogP contribution in [-0.2, 0) is 16.6 Å². The zero-order chi connectivity index (χ0) is 16.3. The van der Waals surface area contributed by atoms with Crippen LogP contribution in [0.2, 0.25) is 0 Å². The number of rotatable bonds is 5. The van der Waals surface area contributed by atoms with Gasteiger partial charge in [-0.25, -0.2) is 23.1 Å². The number of aromatic nitrogens is 2. The molecule has 0 saturated carbocycles. The molecule has 0 bridgehead atoms. The van der Waals surface area contributed by atoms with E-state index in [-0.39, 0.29) is 11.4 Å². The van der Waals surface area contributed by atoms with E-state index in [1.807, 2.05) is 34.0 Å². The van der Waals surface area contributed by atoms with Crippen LogP contribution in [0.1, 0.15) is 17.0 Å². The molecular weight excluding hydrogens is 300 g/mol. The molecule has 0 spiro atoms. The Kier molecular flexibility index (Phi) is 4.77. The van der Waals surface area contributed by atoms with Crippen LogP contribution in [-0.4, -0.2) is 32.5 Å². The molecule has 0 unspecified atom stereocenters. The minimum atomic E-state index is -3.55. The molecule has 118 valence electrons. The van der Waals surface area contributed by atoms with Gasteiger partial charge in [-0.15, -0.1) is 0 Å². The molecule has 0 aliphatic carbocycles. The number of benzene rings is 1. The van der Waals surface area contributed by atoms with Crippen molar-refractivity contribution >= 4 is 16.0 Å². The van der Waals surface area contributed by atoms with Crippen molar-refractivity contribution in [3.63, 3.8) is 0 Å². The molecule has 1 aromatic carbocycles. The van der Waals surface area contributed by atoms with Crippen molar-refractivity contribution < 1.29 is 8.42 Å². The van der Waals surface area contributed by atoms with Crippen LogP contribution in [0.5, 0.6) is 0 Å². The zero-order valence-corrected chi connectivity index (χ0v) is 14.0. The Labute approximate surface area is 131 Å². The first-order chi connectivity index (χ1) is 10.3. The lowest BCUT2D eigenvalue weighted by Gasteiger charge is -2.13. The molecule has 0 aliphatic rings. The molecule has 1 N–H and O–H groups in total. The Morgan fingerprint density at radius 1 is 1.14 bits per heavy atom. The van der Waals surface area contributed by atoms with Crippen LogP contribution in [0.4, 0.5) is 5.95 Å². The van der Waals surface area contributed by atoms with Crippen molar-refractivity contribution in [3.8, 4) is 0 Å². The average Bonchev–Trinajstić information content (AvgIpc) is 2.45. The maximum Gasteiger partial charge on any atom is 0.240 e. The first-order valence-electron chi connectivity index (χ1n) is 6.86. The van der Waals surface area contributed by atoms with Crippen molar-refractivity contribution in [2.24, 2.45) is 0 Å². The molecule has 2 rings (SSSR count). The molecule has 0 saturated heterocycles. The molecule has 0 radical (unpaired) electrons. The highest BCUT2D eigenvalue weighted by atomic mass is 32.2. The Hall–Kier alpha value is -1.99. The molecule has 7 heteroatoms. The molecule has 0 atom stereocenters. The summed E-state index contributed by atoms with van der Waals surface area (Å²) in [4.78, 5) is 10.7. The zero-order valence-electron chi connectivity index (χ0n) is 13.2. The van der Waals surface area contributed by atoms with Gasteiger partial charge in [-0.2, -0.15) is 0 Å². The number of aryl methyl sites for hydroxylation is 2. The number of sulfonamides is 1. The summed E-state index contributed by atoms with van der Waals surface area (Å²) >= 11 is 0. The van der Waals surface area contributed by atoms with Gasteiger partial charge in [-0.05, 0) is 37.6 Å². The van der Waals surface area contributed by atoms with Crippen LogP contribution in [0.3, 0.4) is 0 Å². The molecule has 0 aliphatic heterocycles. The summed E-state index contributed by atoms with van der Waals surface area (Å²) in [7, 11) is 0.135. The van der Waals surface area contributed by atoms with E-state index < -0.39 is 10.0 Å². The van der Waals surface area contributed by atoms with E-state index in [4.69, 9.17) is 0 Å². The quantitative estimate of drug-likeness (QED) is 0.906. The summed E-state index contributed by atoms with van der Waals surface area (Å²) in [6.45, 7) is 3.84. The molecule has 0 amide bonds. The minimum Gasteiger partial charge on any atom is -0.347 e. The molecule has 22 heavy (non-hydrogen) atoms. The van der Waals surface area contributed by atoms with E-state index in [9.17, 15) is 8.42 Å². The monoisotopic (exact) mass is 320 g/mol. The maximum absolute atomic E-state index is 12.3. The summed E-state index contributed by atoms with van der Waals surface area (Å²) in [6, 6.07) is 8.56. The SMILES string of the molecule is Cc1cccc(S(=O)(=O)NCc2cc(C)nc(N(C)C)n2)c1. The van der Waals surface area contributed by atoms with Crippen molar-refractivity contribution in [2.75, 3.05) is 19.0 Å². The van der Waals surface area contributed by atoms with Crippen molar-refractivity contribution in [3.05, 3.63) is 47.3 Å². The van der Waals surface area contributed by atoms with Gasteiger partial charge in [0, 0.05) is 19.8 Å². The molecule has 2 aromatic rings. The summed E-state index contributed by atoms with van der Waals surface area (Å²) in [5.74, 6) is 0.560. The third-order valence-corrected chi connectivity index (χ3v) is 4.44. The van der Waals surface area contributed by atoms with Crippen LogP contribution >= 0.6 is 0 Å². The van der Waals surface area contributed by atoms with Gasteiger partial charge < -0.3 is 4.90 Å². The molecule has 1 heterocycles. The lowest BCUT2D eigenvalue weighted by molar-refractivity contribution is 0.580. The largest absolute Gasteiger partial charge is 0.347 e. The van der Waals surface area contributed by atoms with Crippen LogP contribution in [0.25, 0.3) is 0 Å². The van der Waals surface area contributed by atoms with Crippen molar-refractivity contribution in [1.82, 2.24) is 14.7 Å². The number of hydrogen-bond donors (Lipinski definition) is 1. The highest BCUT2D eigenvalue weighted by molar-refractivity contribution is 7.89. The molecule has 1 aromatic heterocycles. The van der Waals surface area contributed by atoms with Gasteiger partial charge in [0.2, 0.25) is 16.0 Å². The topological polar surface area (TPSA) is 75.2 Å². The first kappa shape index (κ1) is 16.4. The van der Waals surface area contributed by atoms with Gasteiger partial charge in [0.25, 0.3) is 0 Å². The van der Waals surface area contributed by atoms with E-state index in [0.29, 0.717) is 11.6 Å². The summed E-state index contributed by atoms with van der Waals surface area (Å²) < 4.78 is 27.2. The predicted octanol–water partition coefficient (Wildman–Crippen LogP) is 1.64. The van der Waals surface area contributed by atoms with E-state index in [0.717, 1.165) is 11.3 Å². The second-order valence-electron chi connectivity index (χ2n) is 5.34. The van der Waals surface area contributed by atoms with Gasteiger partial charge in [-0.1, -0.05) is 12.1 Å². The van der Waals surface area contributed by atoms with Crippen LogP contribution in [0.15, 0.2) is 35.2 Å². The second-order valence-corrected chi connectivity index (χ2v) is 7.10. The third-order valence-electron chi connectivity index (χ3n) is 3.04. The number of hydrogen-bond acceptors (Lipinski definition) is 5. The van der Waals surface area contributed by atoms with Gasteiger partial charge in [-0.3, -0.25) is 0 Å². The fraction of sp³-hybridized carbons (Fsp3) is 0.333. The Bertz CT molecular complexity index is 773. The fourth-order valence-corrected chi connectivity index (χ4v) is 3.05. The van der Waals surface area contributed by atoms with Gasteiger partial charge in [0.05, 0.1) is 17.1 Å². The van der Waals surface area contributed by atoms with E-state index in [2.05, 4.69) is 14.7 Å². The molecular formula is C15H20N4O2S. The lowest BCUT2D eigenvalue weighted by Crippen LogP contribution is -2.24. The van der Waals surface area contributed by atoms with Crippen LogP contribution in [0, 0.1) is 13.8 Å². The summed E-state index contributed by atoms with van der Waals surface area (Å²) in [6.07, 6.45) is 0. The second kappa shape index (κ2) is 6.41. The smallest absolute Gasteiger partial charge is 0.240 e. The number of nitrogens with zero attached hydrogens (tertiary/aromatic N) is 3. The standard InChI is InChI=1S/C15H20N4O2S/c1-11-6-5-7-14(8-11)22(20,21)16-10-13-9-12(2)17-15(18-13)19(3)4/h5-9,16H,10H2,1-4H3. The summed E-state index contributed by atoms with van der Waals surface area (Å²) in [5.41, 5.74) is 2.33. The highest BCUT2D eigenvalue weighted by Crippen LogP contribution is 2.12. The maximum atomic E-state index is 12.3. The van der Waals surface area contributed by atoms with E-state index >= 15 is 0 Å². The molecule has 0 fully saturated rings. The van der Waals surface area contributed by atoms with Crippen molar-refractivity contribution in [1.29, 1.82) is 0 Å². The van der Waals surface area contributed by atoms with Crippen molar-refractivity contribution in [2.45, 2.75) is 25.3 Å². The first-order valence-corrected chi connectivity index (χ1v) is 8.34. The lowest BCUT2D eigenvalue weighted by atomic mass is 10.2. The predicted molar refractivity (Wildman–Crippen MR) is 86.3 cm³/mol. The Morgan fingerprint density at radius 2 is 1.86 bits per heavy atom. The van der Waals surface area contributed by atoms with Gasteiger partial charge in [0.1, 0.15) is 0 Å². The third kappa shape index (κ3) is 4.02. The number of nitrogens with one attached hydrogen (secondary N) is 1. The van der Waals surface area contributed by atoms with Crippen LogP contribution < -0.4 is 9.62 Å². The minimum absolute atomic E-state index is 0.125. The summed E-state index contributed by atoms with van der Waals surface area (Å²) in [5, 5.41) is 0. The molecule has 6 nitrogen and oxygen atoms in total. The fourth-order valence-electron chi connectivity index (χ4n) is 1.94. The van der Waals surface area contributed by atoms with E-state index in [1.54, 1.807) is 29.2 Å². The highest BCUT2D eigenvalue weighted by Gasteiger charge is 2.14. The Balaban J connectivity index is 2.19. The average molecular weight is 320 g/mol. The van der Waals surface area contributed by atoms with Gasteiger partial charge >= 0.3 is 0 Å². The Morgan fingerprint density at radius 3 is 2.50 bits per heavy atom. The van der Waals surface area contributed by atoms with E-state index in [1.165, 1.54) is 0 Å².